The summed E-state index contributed by atoms with van der Waals surface area (Å²) < 4.78 is 7.06. The molecule has 0 radical (unpaired) electrons. The van der Waals surface area contributed by atoms with E-state index in [0.717, 1.165) is 22.6 Å². The van der Waals surface area contributed by atoms with Gasteiger partial charge in [0.1, 0.15) is 11.4 Å². The van der Waals surface area contributed by atoms with E-state index in [0.29, 0.717) is 21.8 Å². The van der Waals surface area contributed by atoms with Crippen LogP contribution in [-0.2, 0) is 10.5 Å². The van der Waals surface area contributed by atoms with Gasteiger partial charge < -0.3 is 4.74 Å². The largest absolute Gasteiger partial charge is 0.494 e. The van der Waals surface area contributed by atoms with Gasteiger partial charge in [0.25, 0.3) is 0 Å². The lowest BCUT2D eigenvalue weighted by Gasteiger charge is -2.18. The third kappa shape index (κ3) is 4.59. The summed E-state index contributed by atoms with van der Waals surface area (Å²) in [7, 11) is 1.61. The summed E-state index contributed by atoms with van der Waals surface area (Å²) in [6.07, 6.45) is 0. The van der Waals surface area contributed by atoms with Gasteiger partial charge in [0.05, 0.1) is 18.5 Å². The summed E-state index contributed by atoms with van der Waals surface area (Å²) in [4.78, 5) is 18.6. The third-order valence-electron chi connectivity index (χ3n) is 4.41. The molecule has 8 nitrogen and oxygen atoms in total. The number of thiazole rings is 1. The van der Waals surface area contributed by atoms with Crippen LogP contribution in [0.15, 0.2) is 59.1 Å². The number of anilines is 2. The first-order valence-electron chi connectivity index (χ1n) is 9.43. The van der Waals surface area contributed by atoms with Gasteiger partial charge in [-0.15, -0.1) is 16.4 Å². The zero-order valence-corrected chi connectivity index (χ0v) is 18.9. The second kappa shape index (κ2) is 9.27. The molecule has 0 bridgehead atoms. The van der Waals surface area contributed by atoms with E-state index in [2.05, 4.69) is 20.5 Å². The van der Waals surface area contributed by atoms with Crippen LogP contribution in [0.25, 0.3) is 5.69 Å². The van der Waals surface area contributed by atoms with Crippen LogP contribution in [0.2, 0.25) is 0 Å². The Bertz CT molecular complexity index is 1210. The van der Waals surface area contributed by atoms with E-state index in [1.807, 2.05) is 60.8 Å². The van der Waals surface area contributed by atoms with E-state index in [1.54, 1.807) is 23.6 Å². The lowest BCUT2D eigenvalue weighted by atomic mass is 10.2. The smallest absolute Gasteiger partial charge is 0.230 e. The molecule has 1 amide bonds. The van der Waals surface area contributed by atoms with Crippen molar-refractivity contribution < 1.29 is 9.53 Å². The minimum Gasteiger partial charge on any atom is -0.494 e. The third-order valence-corrected chi connectivity index (χ3v) is 6.24. The lowest BCUT2D eigenvalue weighted by Crippen LogP contribution is -2.22. The number of nitrogens with zero attached hydrogens (tertiary/aromatic N) is 6. The molecular weight excluding hydrogens is 432 g/mol. The van der Waals surface area contributed by atoms with Crippen molar-refractivity contribution in [2.75, 3.05) is 12.0 Å². The number of benzene rings is 2. The van der Waals surface area contributed by atoms with Crippen LogP contribution >= 0.6 is 23.1 Å². The van der Waals surface area contributed by atoms with Crippen LogP contribution in [0, 0.1) is 6.92 Å². The average Bonchev–Trinajstić information content (AvgIpc) is 3.41. The highest BCUT2D eigenvalue weighted by Gasteiger charge is 2.19. The molecule has 4 rings (SSSR count). The Hall–Kier alpha value is -3.24. The van der Waals surface area contributed by atoms with Crippen LogP contribution in [-0.4, -0.2) is 38.2 Å². The molecule has 2 aromatic heterocycles. The van der Waals surface area contributed by atoms with Crippen LogP contribution in [0.1, 0.15) is 18.2 Å². The van der Waals surface area contributed by atoms with Crippen molar-refractivity contribution in [3.05, 3.63) is 65.2 Å². The zero-order chi connectivity index (χ0) is 21.8. The highest BCUT2D eigenvalue weighted by molar-refractivity contribution is 7.98. The van der Waals surface area contributed by atoms with E-state index in [9.17, 15) is 4.79 Å². The van der Waals surface area contributed by atoms with Crippen molar-refractivity contribution in [3.63, 3.8) is 0 Å². The van der Waals surface area contributed by atoms with Crippen molar-refractivity contribution in [2.24, 2.45) is 0 Å². The predicted octanol–water partition coefficient (Wildman–Crippen LogP) is 4.41. The minimum atomic E-state index is -0.0840. The molecule has 0 unspecified atom stereocenters. The second-order valence-corrected chi connectivity index (χ2v) is 8.43. The number of carbonyl (C=O) groups excluding carboxylic acids is 1. The molecule has 0 aliphatic rings. The molecule has 10 heteroatoms. The van der Waals surface area contributed by atoms with Gasteiger partial charge >= 0.3 is 0 Å². The molecule has 4 aromatic rings. The van der Waals surface area contributed by atoms with Gasteiger partial charge in [-0.25, -0.2) is 4.98 Å². The van der Waals surface area contributed by atoms with Crippen molar-refractivity contribution in [2.45, 2.75) is 24.8 Å². The van der Waals surface area contributed by atoms with Gasteiger partial charge in [-0.05, 0) is 47.2 Å². The molecule has 0 saturated carbocycles. The normalized spacial score (nSPS) is 10.8. The van der Waals surface area contributed by atoms with E-state index in [1.165, 1.54) is 23.1 Å². The molecule has 0 aliphatic heterocycles. The van der Waals surface area contributed by atoms with E-state index in [-0.39, 0.29) is 5.91 Å². The highest BCUT2D eigenvalue weighted by Crippen LogP contribution is 2.32. The Balaban J connectivity index is 1.53. The van der Waals surface area contributed by atoms with Gasteiger partial charge in [-0.2, -0.15) is 4.68 Å². The molecule has 2 heterocycles. The molecule has 0 atom stereocenters. The molecule has 0 fully saturated rings. The van der Waals surface area contributed by atoms with Crippen molar-refractivity contribution in [1.29, 1.82) is 0 Å². The average molecular weight is 453 g/mol. The molecule has 0 saturated heterocycles. The fourth-order valence-corrected chi connectivity index (χ4v) is 4.79. The fraction of sp³-hybridized carbons (Fsp3) is 0.190. The number of tetrazole rings is 1. The Morgan fingerprint density at radius 1 is 1.23 bits per heavy atom. The van der Waals surface area contributed by atoms with Gasteiger partial charge in [-0.3, -0.25) is 9.69 Å². The van der Waals surface area contributed by atoms with Gasteiger partial charge in [0.15, 0.2) is 5.13 Å². The van der Waals surface area contributed by atoms with Crippen LogP contribution in [0.5, 0.6) is 5.75 Å². The number of methoxy groups -OCH3 is 1. The van der Waals surface area contributed by atoms with E-state index in [4.69, 9.17) is 4.74 Å². The number of ether oxygens (including phenoxy) is 1. The lowest BCUT2D eigenvalue weighted by molar-refractivity contribution is -0.115. The molecule has 158 valence electrons. The summed E-state index contributed by atoms with van der Waals surface area (Å²) in [5.74, 6) is 1.16. The molecule has 0 spiro atoms. The summed E-state index contributed by atoms with van der Waals surface area (Å²) in [5.41, 5.74) is 3.50. The molecule has 31 heavy (non-hydrogen) atoms. The number of carbonyl (C=O) groups is 1. The molecule has 2 aromatic carbocycles. The number of para-hydroxylation sites is 2. The van der Waals surface area contributed by atoms with Crippen molar-refractivity contribution in [1.82, 2.24) is 25.2 Å². The maximum Gasteiger partial charge on any atom is 0.230 e. The number of hydrogen-bond donors (Lipinski definition) is 0. The van der Waals surface area contributed by atoms with Crippen LogP contribution < -0.4 is 9.64 Å². The summed E-state index contributed by atoms with van der Waals surface area (Å²) in [6.45, 7) is 3.54. The second-order valence-electron chi connectivity index (χ2n) is 6.65. The SMILES string of the molecule is COc1ccccc1-n1nnnc1SCc1csc(N(C(C)=O)c2cccc(C)c2)n1. The Morgan fingerprint density at radius 2 is 2.06 bits per heavy atom. The molecular formula is C21H20N6O2S2. The Morgan fingerprint density at radius 3 is 2.84 bits per heavy atom. The molecule has 0 aliphatic carbocycles. The standard InChI is InChI=1S/C21H20N6O2S2/c1-14-7-6-8-17(11-14)26(15(2)28)20-22-16(12-30-20)13-31-21-23-24-25-27(21)18-9-4-5-10-19(18)29-3/h4-12H,13H2,1-3H3. The fourth-order valence-electron chi connectivity index (χ4n) is 3.02. The maximum absolute atomic E-state index is 12.3. The van der Waals surface area contributed by atoms with Crippen LogP contribution in [0.4, 0.5) is 10.8 Å². The summed E-state index contributed by atoms with van der Waals surface area (Å²) >= 11 is 2.90. The Labute approximate surface area is 187 Å². The van der Waals surface area contributed by atoms with Gasteiger partial charge in [0.2, 0.25) is 11.1 Å². The first-order valence-corrected chi connectivity index (χ1v) is 11.3. The maximum atomic E-state index is 12.3. The number of amides is 1. The van der Waals surface area contributed by atoms with E-state index >= 15 is 0 Å². The predicted molar refractivity (Wildman–Crippen MR) is 121 cm³/mol. The minimum absolute atomic E-state index is 0.0840. The number of thioether (sulfide) groups is 1. The Kier molecular flexibility index (Phi) is 6.28. The quantitative estimate of drug-likeness (QED) is 0.384. The highest BCUT2D eigenvalue weighted by atomic mass is 32.2. The van der Waals surface area contributed by atoms with Crippen molar-refractivity contribution >= 4 is 39.8 Å². The number of rotatable bonds is 7. The number of aromatic nitrogens is 5. The number of hydrogen-bond acceptors (Lipinski definition) is 8. The monoisotopic (exact) mass is 452 g/mol. The summed E-state index contributed by atoms with van der Waals surface area (Å²) in [6, 6.07) is 15.4. The van der Waals surface area contributed by atoms with Crippen molar-refractivity contribution in [3.8, 4) is 11.4 Å². The first kappa shape index (κ1) is 21.0. The zero-order valence-electron chi connectivity index (χ0n) is 17.2. The summed E-state index contributed by atoms with van der Waals surface area (Å²) in [5, 5.41) is 15.2. The number of aryl methyl sites for hydroxylation is 1. The molecule has 0 N–H and O–H groups in total. The topological polar surface area (TPSA) is 86.0 Å². The van der Waals surface area contributed by atoms with Gasteiger partial charge in [-0.1, -0.05) is 36.0 Å². The van der Waals surface area contributed by atoms with Crippen LogP contribution in [0.3, 0.4) is 0 Å². The van der Waals surface area contributed by atoms with Gasteiger partial charge in [0, 0.05) is 18.1 Å². The van der Waals surface area contributed by atoms with E-state index < -0.39 is 0 Å². The first-order chi connectivity index (χ1) is 15.1.